The molecule has 0 aliphatic rings. The minimum Gasteiger partial charge on any atom is -0.481 e. The number of aliphatic carboxylic acids is 1. The number of carboxylic acids is 1. The smallest absolute Gasteiger partial charge is 0.305 e. The number of carbonyl (C=O) groups excluding carboxylic acids is 1. The van der Waals surface area contributed by atoms with Crippen LogP contribution in [0.3, 0.4) is 0 Å². The normalized spacial score (nSPS) is 10.4. The Morgan fingerprint density at radius 1 is 1.53 bits per heavy atom. The zero-order chi connectivity index (χ0) is 13.8. The van der Waals surface area contributed by atoms with Crippen molar-refractivity contribution in [3.63, 3.8) is 0 Å². The third kappa shape index (κ3) is 3.62. The number of hydrogen-bond donors (Lipinski definition) is 2. The Hall–Kier alpha value is -2.22. The lowest BCUT2D eigenvalue weighted by Gasteiger charge is -1.99. The molecule has 2 aromatic heterocycles. The standard InChI is InChI=1S/C11H12N4O3S/c1-7-6-8(14-19-7)11(18)12-9-2-4-15(13-9)5-3-10(16)17/h2,4,6H,3,5H2,1H3,(H,16,17)(H,12,13,18). The van der Waals surface area contributed by atoms with Gasteiger partial charge in [0.15, 0.2) is 5.82 Å². The Labute approximate surface area is 113 Å². The van der Waals surface area contributed by atoms with E-state index in [0.717, 1.165) is 4.88 Å². The molecule has 19 heavy (non-hydrogen) atoms. The molecule has 0 bridgehead atoms. The molecule has 2 heterocycles. The molecule has 0 aromatic carbocycles. The van der Waals surface area contributed by atoms with Crippen molar-refractivity contribution in [3.8, 4) is 0 Å². The zero-order valence-corrected chi connectivity index (χ0v) is 11.0. The van der Waals surface area contributed by atoms with Crippen molar-refractivity contribution in [1.29, 1.82) is 0 Å². The SMILES string of the molecule is Cc1cc(C(=O)Nc2ccn(CCC(=O)O)n2)ns1. The van der Waals surface area contributed by atoms with E-state index in [2.05, 4.69) is 14.8 Å². The Bertz CT molecular complexity index is 605. The van der Waals surface area contributed by atoms with Crippen molar-refractivity contribution in [3.05, 3.63) is 28.9 Å². The maximum absolute atomic E-state index is 11.8. The van der Waals surface area contributed by atoms with E-state index in [1.54, 1.807) is 18.3 Å². The van der Waals surface area contributed by atoms with Gasteiger partial charge < -0.3 is 10.4 Å². The minimum atomic E-state index is -0.890. The molecule has 1 amide bonds. The molecule has 100 valence electrons. The van der Waals surface area contributed by atoms with Crippen molar-refractivity contribution in [2.24, 2.45) is 0 Å². The molecule has 2 aromatic rings. The van der Waals surface area contributed by atoms with Gasteiger partial charge in [0.25, 0.3) is 5.91 Å². The predicted molar refractivity (Wildman–Crippen MR) is 69.3 cm³/mol. The number of aromatic nitrogens is 3. The quantitative estimate of drug-likeness (QED) is 0.862. The monoisotopic (exact) mass is 280 g/mol. The summed E-state index contributed by atoms with van der Waals surface area (Å²) in [6.07, 6.45) is 1.60. The second-order valence-electron chi connectivity index (χ2n) is 3.88. The molecule has 0 spiro atoms. The van der Waals surface area contributed by atoms with Crippen LogP contribution in [0.2, 0.25) is 0 Å². The second kappa shape index (κ2) is 5.61. The zero-order valence-electron chi connectivity index (χ0n) is 10.2. The third-order valence-electron chi connectivity index (χ3n) is 2.30. The van der Waals surface area contributed by atoms with Gasteiger partial charge in [-0.15, -0.1) is 0 Å². The Kier molecular flexibility index (Phi) is 3.91. The van der Waals surface area contributed by atoms with E-state index >= 15 is 0 Å². The van der Waals surface area contributed by atoms with E-state index in [1.807, 2.05) is 6.92 Å². The van der Waals surface area contributed by atoms with Gasteiger partial charge in [0.2, 0.25) is 0 Å². The number of anilines is 1. The van der Waals surface area contributed by atoms with Crippen molar-refractivity contribution >= 4 is 29.2 Å². The first-order valence-corrected chi connectivity index (χ1v) is 6.32. The summed E-state index contributed by atoms with van der Waals surface area (Å²) >= 11 is 1.26. The van der Waals surface area contributed by atoms with Crippen LogP contribution in [0.5, 0.6) is 0 Å². The second-order valence-corrected chi connectivity index (χ2v) is 4.89. The molecule has 2 rings (SSSR count). The van der Waals surface area contributed by atoms with Crippen LogP contribution >= 0.6 is 11.5 Å². The lowest BCUT2D eigenvalue weighted by atomic mass is 10.3. The summed E-state index contributed by atoms with van der Waals surface area (Å²) in [5.41, 5.74) is 0.350. The van der Waals surface area contributed by atoms with Crippen LogP contribution in [-0.4, -0.2) is 31.1 Å². The highest BCUT2D eigenvalue weighted by Crippen LogP contribution is 2.10. The lowest BCUT2D eigenvalue weighted by Crippen LogP contribution is -2.13. The number of carboxylic acid groups (broad SMARTS) is 1. The largest absolute Gasteiger partial charge is 0.481 e. The van der Waals surface area contributed by atoms with Gasteiger partial charge in [-0.25, -0.2) is 0 Å². The number of amides is 1. The Morgan fingerprint density at radius 3 is 2.95 bits per heavy atom. The molecule has 0 saturated heterocycles. The summed E-state index contributed by atoms with van der Waals surface area (Å²) in [5, 5.41) is 15.2. The van der Waals surface area contributed by atoms with Crippen molar-refractivity contribution < 1.29 is 14.7 Å². The van der Waals surface area contributed by atoms with E-state index in [0.29, 0.717) is 11.5 Å². The summed E-state index contributed by atoms with van der Waals surface area (Å²) in [5.74, 6) is -0.840. The molecular weight excluding hydrogens is 268 g/mol. The van der Waals surface area contributed by atoms with E-state index in [-0.39, 0.29) is 18.9 Å². The molecule has 2 N–H and O–H groups in total. The molecule has 0 unspecified atom stereocenters. The highest BCUT2D eigenvalue weighted by atomic mass is 32.1. The number of nitrogens with one attached hydrogen (secondary N) is 1. The summed E-state index contributed by atoms with van der Waals surface area (Å²) in [4.78, 5) is 23.2. The molecule has 0 atom stereocenters. The van der Waals surface area contributed by atoms with Crippen LogP contribution in [0.25, 0.3) is 0 Å². The molecule has 7 nitrogen and oxygen atoms in total. The topological polar surface area (TPSA) is 97.1 Å². The van der Waals surface area contributed by atoms with Crippen LogP contribution < -0.4 is 5.32 Å². The Morgan fingerprint density at radius 2 is 2.32 bits per heavy atom. The van der Waals surface area contributed by atoms with Crippen molar-refractivity contribution in [2.45, 2.75) is 19.9 Å². The van der Waals surface area contributed by atoms with Gasteiger partial charge in [0, 0.05) is 17.1 Å². The van der Waals surface area contributed by atoms with Crippen molar-refractivity contribution in [1.82, 2.24) is 14.2 Å². The average Bonchev–Trinajstić information content (AvgIpc) is 2.95. The number of nitrogens with zero attached hydrogens (tertiary/aromatic N) is 3. The van der Waals surface area contributed by atoms with Crippen LogP contribution in [0, 0.1) is 6.92 Å². The summed E-state index contributed by atoms with van der Waals surface area (Å²) in [6.45, 7) is 2.14. The molecule has 0 saturated carbocycles. The van der Waals surface area contributed by atoms with Gasteiger partial charge in [-0.2, -0.15) is 9.47 Å². The van der Waals surface area contributed by atoms with Crippen LogP contribution in [-0.2, 0) is 11.3 Å². The van der Waals surface area contributed by atoms with Gasteiger partial charge in [0.1, 0.15) is 5.69 Å². The molecule has 0 aliphatic carbocycles. The first-order chi connectivity index (χ1) is 9.04. The van der Waals surface area contributed by atoms with Crippen LogP contribution in [0.15, 0.2) is 18.3 Å². The number of aryl methyl sites for hydroxylation is 2. The maximum atomic E-state index is 11.8. The fourth-order valence-electron chi connectivity index (χ4n) is 1.42. The molecule has 8 heteroatoms. The summed E-state index contributed by atoms with van der Waals surface area (Å²) in [6, 6.07) is 3.31. The van der Waals surface area contributed by atoms with Gasteiger partial charge in [-0.05, 0) is 24.5 Å². The fourth-order valence-corrected chi connectivity index (χ4v) is 1.96. The fraction of sp³-hybridized carbons (Fsp3) is 0.273. The molecule has 0 aliphatic heterocycles. The summed E-state index contributed by atoms with van der Waals surface area (Å²) < 4.78 is 5.46. The van der Waals surface area contributed by atoms with E-state index in [4.69, 9.17) is 5.11 Å². The van der Waals surface area contributed by atoms with Gasteiger partial charge in [0.05, 0.1) is 13.0 Å². The van der Waals surface area contributed by atoms with Gasteiger partial charge >= 0.3 is 5.97 Å². The molecular formula is C11H12N4O3S. The van der Waals surface area contributed by atoms with E-state index in [9.17, 15) is 9.59 Å². The van der Waals surface area contributed by atoms with Crippen molar-refractivity contribution in [2.75, 3.05) is 5.32 Å². The lowest BCUT2D eigenvalue weighted by molar-refractivity contribution is -0.137. The number of hydrogen-bond acceptors (Lipinski definition) is 5. The minimum absolute atomic E-state index is 0.0135. The average molecular weight is 280 g/mol. The maximum Gasteiger partial charge on any atom is 0.305 e. The summed E-state index contributed by atoms with van der Waals surface area (Å²) in [7, 11) is 0. The first kappa shape index (κ1) is 13.2. The highest BCUT2D eigenvalue weighted by molar-refractivity contribution is 7.05. The molecule has 0 fully saturated rings. The van der Waals surface area contributed by atoms with E-state index in [1.165, 1.54) is 16.2 Å². The highest BCUT2D eigenvalue weighted by Gasteiger charge is 2.11. The predicted octanol–water partition coefficient (Wildman–Crippen LogP) is 1.38. The number of carbonyl (C=O) groups is 2. The van der Waals surface area contributed by atoms with Gasteiger partial charge in [-0.3, -0.25) is 14.3 Å². The van der Waals surface area contributed by atoms with Crippen LogP contribution in [0.1, 0.15) is 21.8 Å². The molecule has 0 radical (unpaired) electrons. The van der Waals surface area contributed by atoms with Crippen LogP contribution in [0.4, 0.5) is 5.82 Å². The van der Waals surface area contributed by atoms with Gasteiger partial charge in [-0.1, -0.05) is 0 Å². The van der Waals surface area contributed by atoms with E-state index < -0.39 is 5.97 Å². The first-order valence-electron chi connectivity index (χ1n) is 5.54. The number of rotatable bonds is 5. The Balaban J connectivity index is 1.96. The third-order valence-corrected chi connectivity index (χ3v) is 2.99.